The Morgan fingerprint density at radius 2 is 2.09 bits per heavy atom. The average molecular weight is 152 g/mol. The summed E-state index contributed by atoms with van der Waals surface area (Å²) in [5.41, 5.74) is 1.53. The first kappa shape index (κ1) is 8.54. The minimum Gasteiger partial charge on any atom is -0.389 e. The number of rotatable bonds is 0. The predicted octanol–water partition coefficient (Wildman–Crippen LogP) is 2.28. The Balaban J connectivity index is 2.75. The van der Waals surface area contributed by atoms with Gasteiger partial charge in [0.25, 0.3) is 0 Å². The Hall–Kier alpha value is -0.560. The average Bonchev–Trinajstić information content (AvgIpc) is 1.86. The molecule has 1 nitrogen and oxygen atoms in total. The van der Waals surface area contributed by atoms with Crippen molar-refractivity contribution >= 4 is 0 Å². The second-order valence-electron chi connectivity index (χ2n) is 4.10. The van der Waals surface area contributed by atoms with Gasteiger partial charge in [-0.15, -0.1) is 0 Å². The van der Waals surface area contributed by atoms with E-state index in [0.29, 0.717) is 0 Å². The molecule has 0 heterocycles. The van der Waals surface area contributed by atoms with E-state index in [-0.39, 0.29) is 11.5 Å². The van der Waals surface area contributed by atoms with Crippen molar-refractivity contribution in [3.8, 4) is 0 Å². The summed E-state index contributed by atoms with van der Waals surface area (Å²) in [6.45, 7) is 6.51. The highest BCUT2D eigenvalue weighted by atomic mass is 16.3. The van der Waals surface area contributed by atoms with Crippen molar-refractivity contribution in [1.29, 1.82) is 0 Å². The van der Waals surface area contributed by atoms with Gasteiger partial charge in [0.2, 0.25) is 0 Å². The van der Waals surface area contributed by atoms with Crippen LogP contribution in [0, 0.1) is 5.41 Å². The van der Waals surface area contributed by atoms with Gasteiger partial charge in [-0.3, -0.25) is 0 Å². The van der Waals surface area contributed by atoms with Gasteiger partial charge in [-0.05, 0) is 11.8 Å². The van der Waals surface area contributed by atoms with E-state index >= 15 is 0 Å². The van der Waals surface area contributed by atoms with Crippen LogP contribution in [0.3, 0.4) is 0 Å². The van der Waals surface area contributed by atoms with Crippen molar-refractivity contribution in [2.45, 2.75) is 33.3 Å². The lowest BCUT2D eigenvalue weighted by molar-refractivity contribution is 0.213. The summed E-state index contributed by atoms with van der Waals surface area (Å²) >= 11 is 0. The zero-order chi connectivity index (χ0) is 8.48. The van der Waals surface area contributed by atoms with Crippen molar-refractivity contribution < 1.29 is 5.11 Å². The molecule has 0 bridgehead atoms. The lowest BCUT2D eigenvalue weighted by atomic mass is 9.81. The Morgan fingerprint density at radius 3 is 2.45 bits per heavy atom. The molecule has 1 N–H and O–H groups in total. The van der Waals surface area contributed by atoms with Gasteiger partial charge in [-0.25, -0.2) is 0 Å². The predicted molar refractivity (Wildman–Crippen MR) is 47.3 cm³/mol. The van der Waals surface area contributed by atoms with Crippen LogP contribution in [0.25, 0.3) is 0 Å². The van der Waals surface area contributed by atoms with Crippen LogP contribution in [0.4, 0.5) is 0 Å². The fourth-order valence-electron chi connectivity index (χ4n) is 1.22. The van der Waals surface area contributed by atoms with Crippen LogP contribution in [0.5, 0.6) is 0 Å². The van der Waals surface area contributed by atoms with Crippen molar-refractivity contribution in [2.75, 3.05) is 0 Å². The van der Waals surface area contributed by atoms with Gasteiger partial charge in [0, 0.05) is 0 Å². The standard InChI is InChI=1S/C10H16O/c1-10(2,3)8-5-4-6-9(11)7-8/h4-6,9,11H,7H2,1-3H3. The van der Waals surface area contributed by atoms with Crippen molar-refractivity contribution in [3.63, 3.8) is 0 Å². The smallest absolute Gasteiger partial charge is 0.0761 e. The van der Waals surface area contributed by atoms with E-state index < -0.39 is 0 Å². The quantitative estimate of drug-likeness (QED) is 0.564. The molecular weight excluding hydrogens is 136 g/mol. The van der Waals surface area contributed by atoms with E-state index in [9.17, 15) is 5.11 Å². The van der Waals surface area contributed by atoms with E-state index in [2.05, 4.69) is 26.8 Å². The number of allylic oxidation sites excluding steroid dienone is 2. The number of aliphatic hydroxyl groups is 1. The molecule has 11 heavy (non-hydrogen) atoms. The first-order valence-corrected chi connectivity index (χ1v) is 4.06. The number of hydrogen-bond donors (Lipinski definition) is 1. The zero-order valence-corrected chi connectivity index (χ0v) is 7.46. The molecule has 1 rings (SSSR count). The third kappa shape index (κ3) is 2.19. The van der Waals surface area contributed by atoms with Crippen LogP contribution in [0.15, 0.2) is 23.8 Å². The maximum absolute atomic E-state index is 9.32. The Labute approximate surface area is 68.4 Å². The van der Waals surface area contributed by atoms with Gasteiger partial charge in [-0.2, -0.15) is 0 Å². The first-order valence-electron chi connectivity index (χ1n) is 4.06. The molecule has 0 amide bonds. The SMILES string of the molecule is CC(C)(C)C1=CC=CC(O)C1. The maximum Gasteiger partial charge on any atom is 0.0761 e. The second kappa shape index (κ2) is 2.82. The fraction of sp³-hybridized carbons (Fsp3) is 0.600. The van der Waals surface area contributed by atoms with Gasteiger partial charge < -0.3 is 5.11 Å². The highest BCUT2D eigenvalue weighted by Crippen LogP contribution is 2.30. The Kier molecular flexibility index (Phi) is 2.19. The van der Waals surface area contributed by atoms with Gasteiger partial charge in [0.15, 0.2) is 0 Å². The Morgan fingerprint density at radius 1 is 1.45 bits per heavy atom. The summed E-state index contributed by atoms with van der Waals surface area (Å²) in [5.74, 6) is 0. The molecular formula is C10H16O. The van der Waals surface area contributed by atoms with Crippen molar-refractivity contribution in [3.05, 3.63) is 23.8 Å². The molecule has 62 valence electrons. The number of aliphatic hydroxyl groups excluding tert-OH is 1. The molecule has 1 aliphatic carbocycles. The lowest BCUT2D eigenvalue weighted by Crippen LogP contribution is -2.17. The molecule has 0 saturated heterocycles. The topological polar surface area (TPSA) is 20.2 Å². The molecule has 0 aromatic carbocycles. The summed E-state index contributed by atoms with van der Waals surface area (Å²) in [6, 6.07) is 0. The third-order valence-corrected chi connectivity index (χ3v) is 2.02. The van der Waals surface area contributed by atoms with E-state index in [1.165, 1.54) is 5.57 Å². The van der Waals surface area contributed by atoms with Crippen LogP contribution >= 0.6 is 0 Å². The highest BCUT2D eigenvalue weighted by molar-refractivity contribution is 5.24. The van der Waals surface area contributed by atoms with Crippen LogP contribution in [0.1, 0.15) is 27.2 Å². The van der Waals surface area contributed by atoms with Gasteiger partial charge >= 0.3 is 0 Å². The zero-order valence-electron chi connectivity index (χ0n) is 7.46. The summed E-state index contributed by atoms with van der Waals surface area (Å²) < 4.78 is 0. The molecule has 1 atom stereocenters. The number of hydrogen-bond acceptors (Lipinski definition) is 1. The minimum absolute atomic E-state index is 0.200. The van der Waals surface area contributed by atoms with Crippen LogP contribution in [0.2, 0.25) is 0 Å². The van der Waals surface area contributed by atoms with Gasteiger partial charge in [0.05, 0.1) is 6.10 Å². The third-order valence-electron chi connectivity index (χ3n) is 2.02. The first-order chi connectivity index (χ1) is 5.00. The van der Waals surface area contributed by atoms with Crippen molar-refractivity contribution in [1.82, 2.24) is 0 Å². The van der Waals surface area contributed by atoms with Crippen LogP contribution in [-0.4, -0.2) is 11.2 Å². The molecule has 0 aromatic heterocycles. The molecule has 1 unspecified atom stereocenters. The molecule has 1 heteroatoms. The van der Waals surface area contributed by atoms with Crippen LogP contribution in [-0.2, 0) is 0 Å². The normalized spacial score (nSPS) is 25.1. The summed E-state index contributed by atoms with van der Waals surface area (Å²) in [7, 11) is 0. The fourth-order valence-corrected chi connectivity index (χ4v) is 1.22. The lowest BCUT2D eigenvalue weighted by Gasteiger charge is -2.26. The van der Waals surface area contributed by atoms with Gasteiger partial charge in [0.1, 0.15) is 0 Å². The molecule has 0 aromatic rings. The van der Waals surface area contributed by atoms with Crippen molar-refractivity contribution in [2.24, 2.45) is 5.41 Å². The highest BCUT2D eigenvalue weighted by Gasteiger charge is 2.19. The molecule has 0 saturated carbocycles. The van der Waals surface area contributed by atoms with E-state index in [4.69, 9.17) is 0 Å². The second-order valence-corrected chi connectivity index (χ2v) is 4.10. The molecule has 0 spiro atoms. The monoisotopic (exact) mass is 152 g/mol. The molecule has 0 aliphatic heterocycles. The molecule has 1 aliphatic rings. The molecule has 0 radical (unpaired) electrons. The van der Waals surface area contributed by atoms with E-state index in [1.807, 2.05) is 12.2 Å². The van der Waals surface area contributed by atoms with Crippen LogP contribution < -0.4 is 0 Å². The minimum atomic E-state index is -0.269. The maximum atomic E-state index is 9.32. The summed E-state index contributed by atoms with van der Waals surface area (Å²) in [4.78, 5) is 0. The summed E-state index contributed by atoms with van der Waals surface area (Å²) in [5, 5.41) is 9.32. The van der Waals surface area contributed by atoms with Gasteiger partial charge in [-0.1, -0.05) is 44.6 Å². The summed E-state index contributed by atoms with van der Waals surface area (Å²) in [6.07, 6.45) is 6.39. The van der Waals surface area contributed by atoms with E-state index in [0.717, 1.165) is 6.42 Å². The molecule has 0 fully saturated rings. The Bertz CT molecular complexity index is 193. The largest absolute Gasteiger partial charge is 0.389 e. The van der Waals surface area contributed by atoms with E-state index in [1.54, 1.807) is 0 Å².